The number of rotatable bonds is 5. The average molecular weight is 247 g/mol. The van der Waals surface area contributed by atoms with Crippen molar-refractivity contribution in [3.8, 4) is 0 Å². The predicted octanol–water partition coefficient (Wildman–Crippen LogP) is 0.487. The highest BCUT2D eigenvalue weighted by Crippen LogP contribution is 2.05. The fourth-order valence-electron chi connectivity index (χ4n) is 1.59. The molecule has 2 rings (SSSR count). The van der Waals surface area contributed by atoms with Gasteiger partial charge in [-0.3, -0.25) is 9.59 Å². The monoisotopic (exact) mass is 247 g/mol. The van der Waals surface area contributed by atoms with Crippen LogP contribution in [0, 0.1) is 0 Å². The molecule has 0 fully saturated rings. The van der Waals surface area contributed by atoms with Gasteiger partial charge in [-0.1, -0.05) is 12.1 Å². The number of aromatic amines is 1. The molecule has 0 saturated carbocycles. The van der Waals surface area contributed by atoms with Gasteiger partial charge in [0, 0.05) is 13.1 Å². The van der Waals surface area contributed by atoms with Crippen LogP contribution in [0.3, 0.4) is 0 Å². The quantitative estimate of drug-likeness (QED) is 0.668. The number of hydrogen-bond acceptors (Lipinski definition) is 4. The van der Waals surface area contributed by atoms with E-state index >= 15 is 0 Å². The fraction of sp³-hybridized carbons (Fsp3) is 0.250. The molecule has 1 aromatic heterocycles. The lowest BCUT2D eigenvalue weighted by Crippen LogP contribution is -2.24. The van der Waals surface area contributed by atoms with Crippen LogP contribution in [0.1, 0.15) is 12.1 Å². The molecule has 18 heavy (non-hydrogen) atoms. The van der Waals surface area contributed by atoms with Crippen molar-refractivity contribution in [2.75, 3.05) is 6.54 Å². The van der Waals surface area contributed by atoms with Gasteiger partial charge in [0.15, 0.2) is 0 Å². The number of hydrogen-bond donors (Lipinski definition) is 3. The second kappa shape index (κ2) is 5.42. The van der Waals surface area contributed by atoms with E-state index in [0.717, 1.165) is 0 Å². The summed E-state index contributed by atoms with van der Waals surface area (Å²) in [5.74, 6) is -0.872. The van der Waals surface area contributed by atoms with E-state index < -0.39 is 5.97 Å². The maximum absolute atomic E-state index is 11.7. The van der Waals surface area contributed by atoms with Crippen LogP contribution in [0.5, 0.6) is 0 Å². The minimum absolute atomic E-state index is 0.0193. The van der Waals surface area contributed by atoms with Crippen LogP contribution in [0.25, 0.3) is 11.0 Å². The van der Waals surface area contributed by atoms with E-state index in [2.05, 4.69) is 15.3 Å². The van der Waals surface area contributed by atoms with Crippen molar-refractivity contribution in [3.63, 3.8) is 0 Å². The molecule has 0 radical (unpaired) electrons. The molecule has 0 atom stereocenters. The van der Waals surface area contributed by atoms with Gasteiger partial charge in [0.2, 0.25) is 0 Å². The van der Waals surface area contributed by atoms with E-state index in [1.165, 1.54) is 0 Å². The minimum atomic E-state index is -0.872. The molecule has 6 heteroatoms. The third-order valence-corrected chi connectivity index (χ3v) is 2.48. The van der Waals surface area contributed by atoms with E-state index in [-0.39, 0.29) is 18.5 Å². The Hall–Kier alpha value is -2.21. The van der Waals surface area contributed by atoms with Crippen molar-refractivity contribution < 1.29 is 9.90 Å². The molecule has 0 aliphatic rings. The first-order valence-electron chi connectivity index (χ1n) is 5.57. The highest BCUT2D eigenvalue weighted by atomic mass is 16.4. The zero-order chi connectivity index (χ0) is 13.0. The first-order valence-corrected chi connectivity index (χ1v) is 5.57. The molecule has 0 aliphatic heterocycles. The Morgan fingerprint density at radius 2 is 2.17 bits per heavy atom. The highest BCUT2D eigenvalue weighted by molar-refractivity contribution is 5.73. The molecule has 1 aromatic carbocycles. The van der Waals surface area contributed by atoms with Gasteiger partial charge < -0.3 is 15.4 Å². The van der Waals surface area contributed by atoms with Gasteiger partial charge >= 0.3 is 5.97 Å². The van der Waals surface area contributed by atoms with Gasteiger partial charge in [-0.15, -0.1) is 0 Å². The van der Waals surface area contributed by atoms with Crippen LogP contribution in [-0.4, -0.2) is 27.6 Å². The van der Waals surface area contributed by atoms with Crippen molar-refractivity contribution in [1.82, 2.24) is 15.3 Å². The fourth-order valence-corrected chi connectivity index (χ4v) is 1.59. The lowest BCUT2D eigenvalue weighted by atomic mass is 10.3. The summed E-state index contributed by atoms with van der Waals surface area (Å²) in [7, 11) is 0. The maximum Gasteiger partial charge on any atom is 0.304 e. The van der Waals surface area contributed by atoms with Crippen LogP contribution in [0.15, 0.2) is 29.1 Å². The van der Waals surface area contributed by atoms with Crippen LogP contribution in [0.2, 0.25) is 0 Å². The Morgan fingerprint density at radius 3 is 2.94 bits per heavy atom. The van der Waals surface area contributed by atoms with Crippen LogP contribution in [0.4, 0.5) is 0 Å². The molecule has 0 aliphatic carbocycles. The Balaban J connectivity index is 2.11. The topological polar surface area (TPSA) is 95.1 Å². The standard InChI is InChI=1S/C12H13N3O3/c16-11(17)5-6-13-7-10-12(18)15-9-4-2-1-3-8(9)14-10/h1-4,13H,5-7H2,(H,15,18)(H,16,17). The SMILES string of the molecule is O=C(O)CCNCc1nc2ccccc2[nH]c1=O. The second-order valence-electron chi connectivity index (χ2n) is 3.85. The van der Waals surface area contributed by atoms with Crippen molar-refractivity contribution in [2.24, 2.45) is 0 Å². The molecule has 3 N–H and O–H groups in total. The van der Waals surface area contributed by atoms with E-state index in [1.807, 2.05) is 18.2 Å². The van der Waals surface area contributed by atoms with Crippen molar-refractivity contribution in [2.45, 2.75) is 13.0 Å². The molecule has 0 spiro atoms. The number of para-hydroxylation sites is 2. The number of carboxylic acids is 1. The smallest absolute Gasteiger partial charge is 0.304 e. The van der Waals surface area contributed by atoms with Gasteiger partial charge in [-0.2, -0.15) is 0 Å². The molecule has 6 nitrogen and oxygen atoms in total. The van der Waals surface area contributed by atoms with Crippen LogP contribution >= 0.6 is 0 Å². The number of nitrogens with zero attached hydrogens (tertiary/aromatic N) is 1. The summed E-state index contributed by atoms with van der Waals surface area (Å²) < 4.78 is 0. The molecule has 1 heterocycles. The number of H-pyrrole nitrogens is 1. The molecule has 0 amide bonds. The highest BCUT2D eigenvalue weighted by Gasteiger charge is 2.04. The largest absolute Gasteiger partial charge is 0.481 e. The van der Waals surface area contributed by atoms with E-state index in [9.17, 15) is 9.59 Å². The Morgan fingerprint density at radius 1 is 1.39 bits per heavy atom. The second-order valence-corrected chi connectivity index (χ2v) is 3.85. The number of nitrogens with one attached hydrogen (secondary N) is 2. The van der Waals surface area contributed by atoms with Gasteiger partial charge in [0.05, 0.1) is 17.5 Å². The third kappa shape index (κ3) is 2.92. The van der Waals surface area contributed by atoms with Crippen molar-refractivity contribution >= 4 is 17.0 Å². The minimum Gasteiger partial charge on any atom is -0.481 e. The molecule has 0 saturated heterocycles. The Labute approximate surface area is 103 Å². The predicted molar refractivity (Wildman–Crippen MR) is 66.3 cm³/mol. The van der Waals surface area contributed by atoms with Crippen molar-refractivity contribution in [1.29, 1.82) is 0 Å². The lowest BCUT2D eigenvalue weighted by Gasteiger charge is -2.03. The molecule has 94 valence electrons. The third-order valence-electron chi connectivity index (χ3n) is 2.48. The molecular weight excluding hydrogens is 234 g/mol. The van der Waals surface area contributed by atoms with Crippen molar-refractivity contribution in [3.05, 3.63) is 40.3 Å². The number of benzene rings is 1. The Bertz CT molecular complexity index is 621. The lowest BCUT2D eigenvalue weighted by molar-refractivity contribution is -0.136. The summed E-state index contributed by atoms with van der Waals surface area (Å²) in [6, 6.07) is 7.26. The van der Waals surface area contributed by atoms with E-state index in [1.54, 1.807) is 6.07 Å². The summed E-state index contributed by atoms with van der Waals surface area (Å²) >= 11 is 0. The van der Waals surface area contributed by atoms with Gasteiger partial charge in [-0.25, -0.2) is 4.98 Å². The maximum atomic E-state index is 11.7. The summed E-state index contributed by atoms with van der Waals surface area (Å²) in [5, 5.41) is 11.4. The summed E-state index contributed by atoms with van der Waals surface area (Å²) in [5.41, 5.74) is 1.51. The number of carboxylic acid groups (broad SMARTS) is 1. The summed E-state index contributed by atoms with van der Waals surface area (Å²) in [6.07, 6.45) is 0.0193. The normalized spacial score (nSPS) is 10.7. The van der Waals surface area contributed by atoms with Crippen LogP contribution in [-0.2, 0) is 11.3 Å². The first-order chi connectivity index (χ1) is 8.66. The molecule has 0 unspecified atom stereocenters. The number of carbonyl (C=O) groups is 1. The number of aromatic nitrogens is 2. The van der Waals surface area contributed by atoms with E-state index in [4.69, 9.17) is 5.11 Å². The molecule has 0 bridgehead atoms. The Kier molecular flexibility index (Phi) is 3.69. The average Bonchev–Trinajstić information content (AvgIpc) is 2.34. The summed E-state index contributed by atoms with van der Waals surface area (Å²) in [4.78, 5) is 29.0. The van der Waals surface area contributed by atoms with Gasteiger partial charge in [0.1, 0.15) is 5.69 Å². The zero-order valence-corrected chi connectivity index (χ0v) is 9.64. The summed E-state index contributed by atoms with van der Waals surface area (Å²) in [6.45, 7) is 0.566. The number of fused-ring (bicyclic) bond motifs is 1. The van der Waals surface area contributed by atoms with Gasteiger partial charge in [0.25, 0.3) is 5.56 Å². The first kappa shape index (κ1) is 12.3. The van der Waals surface area contributed by atoms with Gasteiger partial charge in [-0.05, 0) is 12.1 Å². The molecule has 2 aromatic rings. The number of aliphatic carboxylic acids is 1. The molecular formula is C12H13N3O3. The van der Waals surface area contributed by atoms with E-state index in [0.29, 0.717) is 23.3 Å². The zero-order valence-electron chi connectivity index (χ0n) is 9.64. The van der Waals surface area contributed by atoms with Crippen LogP contribution < -0.4 is 10.9 Å².